The van der Waals surface area contributed by atoms with Crippen molar-refractivity contribution in [1.82, 2.24) is 4.90 Å². The van der Waals surface area contributed by atoms with Gasteiger partial charge < -0.3 is 15.5 Å². The van der Waals surface area contributed by atoms with E-state index in [1.165, 1.54) is 11.3 Å². The average Bonchev–Trinajstić information content (AvgIpc) is 2.81. The summed E-state index contributed by atoms with van der Waals surface area (Å²) in [5.74, 6) is 0.827. The first-order valence-electron chi connectivity index (χ1n) is 6.81. The molecule has 0 saturated carbocycles. The van der Waals surface area contributed by atoms with Crippen molar-refractivity contribution < 1.29 is 9.63 Å². The van der Waals surface area contributed by atoms with Gasteiger partial charge in [-0.1, -0.05) is 30.6 Å². The molecule has 0 saturated heterocycles. The summed E-state index contributed by atoms with van der Waals surface area (Å²) in [6.45, 7) is 4.62. The first-order valence-corrected chi connectivity index (χ1v) is 8.00. The molecule has 0 aliphatic carbocycles. The van der Waals surface area contributed by atoms with Crippen LogP contribution in [0.4, 0.5) is 0 Å². The molecule has 0 aliphatic heterocycles. The minimum absolute atomic E-state index is 0.113. The lowest BCUT2D eigenvalue weighted by atomic mass is 10.1. The van der Waals surface area contributed by atoms with Gasteiger partial charge in [-0.15, -0.1) is 11.3 Å². The first kappa shape index (κ1) is 17.8. The highest BCUT2D eigenvalue weighted by atomic mass is 35.5. The van der Waals surface area contributed by atoms with Gasteiger partial charge in [0, 0.05) is 18.3 Å². The second-order valence-electron chi connectivity index (χ2n) is 5.24. The number of carbonyl (C=O) groups excluding carboxylic acids is 1. The molecule has 7 heteroatoms. The Morgan fingerprint density at radius 2 is 2.24 bits per heavy atom. The third-order valence-corrected chi connectivity index (χ3v) is 4.01. The number of nitrogens with two attached hydrogens (primary N) is 1. The quantitative estimate of drug-likeness (QED) is 0.452. The molecule has 0 bridgehead atoms. The summed E-state index contributed by atoms with van der Waals surface area (Å²) in [6, 6.07) is 3.72. The van der Waals surface area contributed by atoms with Crippen LogP contribution in [0.25, 0.3) is 0 Å². The molecule has 2 N–H and O–H groups in total. The second-order valence-corrected chi connectivity index (χ2v) is 7.04. The third-order valence-electron chi connectivity index (χ3n) is 2.80. The van der Waals surface area contributed by atoms with E-state index in [1.54, 1.807) is 11.9 Å². The fourth-order valence-corrected chi connectivity index (χ4v) is 2.66. The smallest absolute Gasteiger partial charge is 0.263 e. The maximum absolute atomic E-state index is 11.9. The number of hydrogen-bond acceptors (Lipinski definition) is 4. The van der Waals surface area contributed by atoms with Gasteiger partial charge in [-0.25, -0.2) is 0 Å². The zero-order chi connectivity index (χ0) is 15.8. The molecule has 1 rings (SSSR count). The van der Waals surface area contributed by atoms with Crippen LogP contribution < -0.4 is 5.73 Å². The Balaban J connectivity index is 2.31. The maximum Gasteiger partial charge on any atom is 0.263 e. The van der Waals surface area contributed by atoms with E-state index in [4.69, 9.17) is 22.2 Å². The number of amidine groups is 1. The Labute approximate surface area is 134 Å². The molecule has 0 unspecified atom stereocenters. The summed E-state index contributed by atoms with van der Waals surface area (Å²) in [7, 11) is 1.71. The maximum atomic E-state index is 11.9. The van der Waals surface area contributed by atoms with E-state index in [0.29, 0.717) is 29.1 Å². The molecule has 0 fully saturated rings. The molecule has 21 heavy (non-hydrogen) atoms. The largest absolute Gasteiger partial charge is 0.384 e. The van der Waals surface area contributed by atoms with Gasteiger partial charge in [0.1, 0.15) is 5.84 Å². The number of oxime groups is 1. The minimum atomic E-state index is -0.153. The van der Waals surface area contributed by atoms with Crippen LogP contribution in [-0.4, -0.2) is 30.3 Å². The summed E-state index contributed by atoms with van der Waals surface area (Å²) in [5, 5.41) is 3.76. The lowest BCUT2D eigenvalue weighted by molar-refractivity contribution is -0.135. The molecule has 1 aromatic rings. The van der Waals surface area contributed by atoms with Crippen molar-refractivity contribution in [1.29, 1.82) is 0 Å². The van der Waals surface area contributed by atoms with E-state index < -0.39 is 0 Å². The van der Waals surface area contributed by atoms with Crippen molar-refractivity contribution in [2.45, 2.75) is 33.2 Å². The summed E-state index contributed by atoms with van der Waals surface area (Å²) in [6.07, 6.45) is 1.63. The van der Waals surface area contributed by atoms with E-state index in [1.807, 2.05) is 12.1 Å². The van der Waals surface area contributed by atoms with Crippen molar-refractivity contribution in [2.75, 3.05) is 13.7 Å². The number of hydrogen-bond donors (Lipinski definition) is 1. The van der Waals surface area contributed by atoms with E-state index in [2.05, 4.69) is 19.0 Å². The number of carbonyl (C=O) groups is 1. The van der Waals surface area contributed by atoms with Gasteiger partial charge >= 0.3 is 0 Å². The van der Waals surface area contributed by atoms with Crippen LogP contribution in [0.1, 0.15) is 31.6 Å². The average molecular weight is 332 g/mol. The zero-order valence-corrected chi connectivity index (χ0v) is 14.2. The second kappa shape index (κ2) is 8.89. The molecule has 1 amide bonds. The molecule has 5 nitrogen and oxygen atoms in total. The number of halogens is 1. The van der Waals surface area contributed by atoms with Crippen LogP contribution in [0, 0.1) is 5.92 Å². The lowest BCUT2D eigenvalue weighted by Gasteiger charge is -2.15. The van der Waals surface area contributed by atoms with Gasteiger partial charge in [-0.05, 0) is 24.5 Å². The first-order chi connectivity index (χ1) is 9.88. The third kappa shape index (κ3) is 7.34. The summed E-state index contributed by atoms with van der Waals surface area (Å²) >= 11 is 7.31. The monoisotopic (exact) mass is 331 g/mol. The molecular formula is C14H22ClN3O2S. The Bertz CT molecular complexity index is 488. The van der Waals surface area contributed by atoms with E-state index >= 15 is 0 Å². The highest BCUT2D eigenvalue weighted by Crippen LogP contribution is 2.22. The standard InChI is InChI=1S/C14H22ClN3O2S/c1-10(2)4-7-13(16)17-20-9-14(19)18(3)8-11-5-6-12(15)21-11/h5-6,10H,4,7-9H2,1-3H3,(H2,16,17). The number of likely N-dealkylation sites (N-methyl/N-ethyl adjacent to an activating group) is 1. The number of nitrogens with zero attached hydrogens (tertiary/aromatic N) is 2. The molecular weight excluding hydrogens is 310 g/mol. The van der Waals surface area contributed by atoms with Crippen LogP contribution in [0.3, 0.4) is 0 Å². The number of amides is 1. The predicted molar refractivity (Wildman–Crippen MR) is 87.4 cm³/mol. The van der Waals surface area contributed by atoms with Crippen LogP contribution >= 0.6 is 22.9 Å². The van der Waals surface area contributed by atoms with Crippen molar-refractivity contribution in [3.63, 3.8) is 0 Å². The van der Waals surface area contributed by atoms with Crippen LogP contribution in [-0.2, 0) is 16.2 Å². The lowest BCUT2D eigenvalue weighted by Crippen LogP contribution is -2.29. The van der Waals surface area contributed by atoms with Crippen molar-refractivity contribution >= 4 is 34.7 Å². The van der Waals surface area contributed by atoms with Crippen molar-refractivity contribution in [2.24, 2.45) is 16.8 Å². The van der Waals surface area contributed by atoms with Crippen LogP contribution in [0.5, 0.6) is 0 Å². The summed E-state index contributed by atoms with van der Waals surface area (Å²) in [4.78, 5) is 19.5. The zero-order valence-electron chi connectivity index (χ0n) is 12.6. The predicted octanol–water partition coefficient (Wildman–Crippen LogP) is 3.08. The molecule has 0 aliphatic rings. The normalized spacial score (nSPS) is 11.8. The Hall–Kier alpha value is -1.27. The highest BCUT2D eigenvalue weighted by molar-refractivity contribution is 7.16. The fourth-order valence-electron chi connectivity index (χ4n) is 1.52. The van der Waals surface area contributed by atoms with Gasteiger partial charge in [-0.3, -0.25) is 4.79 Å². The molecule has 1 heterocycles. The van der Waals surface area contributed by atoms with Crippen LogP contribution in [0.15, 0.2) is 17.3 Å². The SMILES string of the molecule is CC(C)CC/C(N)=N/OCC(=O)N(C)Cc1ccc(Cl)s1. The Morgan fingerprint density at radius 3 is 2.81 bits per heavy atom. The summed E-state index contributed by atoms with van der Waals surface area (Å²) < 4.78 is 0.713. The van der Waals surface area contributed by atoms with E-state index in [0.717, 1.165) is 11.3 Å². The number of rotatable bonds is 8. The molecule has 0 spiro atoms. The molecule has 118 valence electrons. The topological polar surface area (TPSA) is 67.9 Å². The van der Waals surface area contributed by atoms with Gasteiger partial charge in [-0.2, -0.15) is 0 Å². The van der Waals surface area contributed by atoms with Gasteiger partial charge in [0.25, 0.3) is 5.91 Å². The van der Waals surface area contributed by atoms with E-state index in [-0.39, 0.29) is 12.5 Å². The van der Waals surface area contributed by atoms with Crippen LogP contribution in [0.2, 0.25) is 4.34 Å². The van der Waals surface area contributed by atoms with E-state index in [9.17, 15) is 4.79 Å². The van der Waals surface area contributed by atoms with Gasteiger partial charge in [0.2, 0.25) is 0 Å². The fraction of sp³-hybridized carbons (Fsp3) is 0.571. The minimum Gasteiger partial charge on any atom is -0.384 e. The molecule has 0 aromatic carbocycles. The number of thiophene rings is 1. The molecule has 1 aromatic heterocycles. The molecule has 0 atom stereocenters. The molecule has 0 radical (unpaired) electrons. The Kier molecular flexibility index (Phi) is 7.53. The highest BCUT2D eigenvalue weighted by Gasteiger charge is 2.11. The van der Waals surface area contributed by atoms with Crippen molar-refractivity contribution in [3.8, 4) is 0 Å². The summed E-state index contributed by atoms with van der Waals surface area (Å²) in [5.41, 5.74) is 5.70. The van der Waals surface area contributed by atoms with Gasteiger partial charge in [0.15, 0.2) is 6.61 Å². The van der Waals surface area contributed by atoms with Crippen molar-refractivity contribution in [3.05, 3.63) is 21.3 Å². The Morgan fingerprint density at radius 1 is 1.52 bits per heavy atom. The van der Waals surface area contributed by atoms with Gasteiger partial charge in [0.05, 0.1) is 10.9 Å².